The molecular weight excluding hydrogens is 302 g/mol. The number of furan rings is 1. The molecule has 0 radical (unpaired) electrons. The van der Waals surface area contributed by atoms with Crippen molar-refractivity contribution in [3.63, 3.8) is 0 Å². The zero-order valence-electron chi connectivity index (χ0n) is 12.5. The molecule has 2 amide bonds. The lowest BCUT2D eigenvalue weighted by atomic mass is 10.1. The Balaban J connectivity index is 1.88. The SMILES string of the molecule is CN1C(=O)C(=Cc2ccc(N3CCCC3)o2)C(=O)N(C)C1=S. The van der Waals surface area contributed by atoms with E-state index >= 15 is 0 Å². The molecule has 1 aromatic heterocycles. The second kappa shape index (κ2) is 5.57. The van der Waals surface area contributed by atoms with Crippen LogP contribution in [0, 0.1) is 0 Å². The maximum absolute atomic E-state index is 12.2. The fourth-order valence-electron chi connectivity index (χ4n) is 2.64. The zero-order chi connectivity index (χ0) is 15.9. The maximum Gasteiger partial charge on any atom is 0.265 e. The van der Waals surface area contributed by atoms with Gasteiger partial charge in [-0.25, -0.2) is 0 Å². The molecule has 7 heteroatoms. The molecule has 0 spiro atoms. The second-order valence-corrected chi connectivity index (χ2v) is 5.80. The molecule has 2 aliphatic heterocycles. The number of carbonyl (C=O) groups is 2. The molecule has 22 heavy (non-hydrogen) atoms. The van der Waals surface area contributed by atoms with Gasteiger partial charge in [-0.05, 0) is 37.2 Å². The van der Waals surface area contributed by atoms with Crippen LogP contribution in [0.2, 0.25) is 0 Å². The van der Waals surface area contributed by atoms with Crippen LogP contribution in [-0.4, -0.2) is 53.9 Å². The normalized spacial score (nSPS) is 19.5. The Morgan fingerprint density at radius 1 is 1.09 bits per heavy atom. The van der Waals surface area contributed by atoms with Gasteiger partial charge >= 0.3 is 0 Å². The van der Waals surface area contributed by atoms with Gasteiger partial charge in [-0.2, -0.15) is 0 Å². The van der Waals surface area contributed by atoms with Gasteiger partial charge in [-0.3, -0.25) is 19.4 Å². The fraction of sp³-hybridized carbons (Fsp3) is 0.400. The molecule has 0 N–H and O–H groups in total. The number of hydrogen-bond donors (Lipinski definition) is 0. The van der Waals surface area contributed by atoms with Crippen molar-refractivity contribution in [1.82, 2.24) is 9.80 Å². The molecule has 0 saturated carbocycles. The first-order chi connectivity index (χ1) is 10.5. The first-order valence-electron chi connectivity index (χ1n) is 7.15. The summed E-state index contributed by atoms with van der Waals surface area (Å²) in [5.41, 5.74) is 0.0564. The summed E-state index contributed by atoms with van der Waals surface area (Å²) in [7, 11) is 3.11. The second-order valence-electron chi connectivity index (χ2n) is 5.44. The Morgan fingerprint density at radius 3 is 2.27 bits per heavy atom. The zero-order valence-corrected chi connectivity index (χ0v) is 13.4. The smallest absolute Gasteiger partial charge is 0.265 e. The number of nitrogens with zero attached hydrogens (tertiary/aromatic N) is 3. The number of rotatable bonds is 2. The van der Waals surface area contributed by atoms with E-state index in [2.05, 4.69) is 4.90 Å². The summed E-state index contributed by atoms with van der Waals surface area (Å²) in [6.45, 7) is 1.95. The maximum atomic E-state index is 12.2. The minimum Gasteiger partial charge on any atom is -0.441 e. The lowest BCUT2D eigenvalue weighted by Gasteiger charge is -2.31. The number of hydrogen-bond acceptors (Lipinski definition) is 5. The molecule has 0 atom stereocenters. The molecule has 3 rings (SSSR count). The standard InChI is InChI=1S/C15H17N3O3S/c1-16-13(19)11(14(20)17(2)15(16)22)9-10-5-6-12(21-10)18-7-3-4-8-18/h5-6,9H,3-4,7-8H2,1-2H3. The van der Waals surface area contributed by atoms with E-state index in [0.29, 0.717) is 5.76 Å². The molecule has 0 aliphatic carbocycles. The summed E-state index contributed by atoms with van der Waals surface area (Å²) >= 11 is 5.05. The third-order valence-electron chi connectivity index (χ3n) is 3.96. The van der Waals surface area contributed by atoms with Crippen LogP contribution in [-0.2, 0) is 9.59 Å². The van der Waals surface area contributed by atoms with Crippen LogP contribution in [0.4, 0.5) is 5.88 Å². The third-order valence-corrected chi connectivity index (χ3v) is 4.51. The van der Waals surface area contributed by atoms with Gasteiger partial charge in [0.1, 0.15) is 11.3 Å². The van der Waals surface area contributed by atoms with Gasteiger partial charge in [-0.1, -0.05) is 0 Å². The Hall–Kier alpha value is -2.15. The summed E-state index contributed by atoms with van der Waals surface area (Å²) in [4.78, 5) is 29.2. The van der Waals surface area contributed by atoms with Crippen molar-refractivity contribution in [3.8, 4) is 0 Å². The molecular formula is C15H17N3O3S. The highest BCUT2D eigenvalue weighted by atomic mass is 32.1. The van der Waals surface area contributed by atoms with Crippen LogP contribution in [0.15, 0.2) is 22.1 Å². The summed E-state index contributed by atoms with van der Waals surface area (Å²) in [6, 6.07) is 3.64. The molecule has 6 nitrogen and oxygen atoms in total. The summed E-state index contributed by atoms with van der Waals surface area (Å²) < 4.78 is 5.74. The Labute approximate surface area is 134 Å². The van der Waals surface area contributed by atoms with E-state index in [-0.39, 0.29) is 10.7 Å². The van der Waals surface area contributed by atoms with E-state index in [0.717, 1.165) is 31.8 Å². The van der Waals surface area contributed by atoms with Gasteiger partial charge in [0, 0.05) is 33.3 Å². The highest BCUT2D eigenvalue weighted by Gasteiger charge is 2.35. The summed E-state index contributed by atoms with van der Waals surface area (Å²) in [6.07, 6.45) is 3.79. The summed E-state index contributed by atoms with van der Waals surface area (Å²) in [5, 5.41) is 0.198. The van der Waals surface area contributed by atoms with Crippen LogP contribution >= 0.6 is 12.2 Å². The topological polar surface area (TPSA) is 57.0 Å². The predicted octanol–water partition coefficient (Wildman–Crippen LogP) is 1.48. The first kappa shape index (κ1) is 14.8. The number of amides is 2. The van der Waals surface area contributed by atoms with Crippen molar-refractivity contribution in [1.29, 1.82) is 0 Å². The Bertz CT molecular complexity index is 647. The number of likely N-dealkylation sites (N-methyl/N-ethyl adjacent to an activating group) is 2. The van der Waals surface area contributed by atoms with Crippen LogP contribution < -0.4 is 4.90 Å². The van der Waals surface area contributed by atoms with Crippen molar-refractivity contribution in [2.45, 2.75) is 12.8 Å². The van der Waals surface area contributed by atoms with Crippen LogP contribution in [0.1, 0.15) is 18.6 Å². The lowest BCUT2D eigenvalue weighted by Crippen LogP contribution is -2.52. The van der Waals surface area contributed by atoms with E-state index in [1.165, 1.54) is 15.9 Å². The first-order valence-corrected chi connectivity index (χ1v) is 7.56. The van der Waals surface area contributed by atoms with E-state index < -0.39 is 11.8 Å². The number of anilines is 1. The van der Waals surface area contributed by atoms with Crippen molar-refractivity contribution in [2.24, 2.45) is 0 Å². The number of thiocarbonyl (C=S) groups is 1. The average Bonchev–Trinajstić information content (AvgIpc) is 3.18. The highest BCUT2D eigenvalue weighted by Crippen LogP contribution is 2.25. The quantitative estimate of drug-likeness (QED) is 0.469. The van der Waals surface area contributed by atoms with Gasteiger partial charge < -0.3 is 9.32 Å². The minimum atomic E-state index is -0.410. The molecule has 2 fully saturated rings. The van der Waals surface area contributed by atoms with Gasteiger partial charge in [-0.15, -0.1) is 0 Å². The van der Waals surface area contributed by atoms with Gasteiger partial charge in [0.2, 0.25) is 0 Å². The summed E-state index contributed by atoms with van der Waals surface area (Å²) in [5.74, 6) is 0.449. The Kier molecular flexibility index (Phi) is 3.74. The number of carbonyl (C=O) groups excluding carboxylic acids is 2. The Morgan fingerprint density at radius 2 is 1.68 bits per heavy atom. The highest BCUT2D eigenvalue weighted by molar-refractivity contribution is 7.80. The average molecular weight is 319 g/mol. The lowest BCUT2D eigenvalue weighted by molar-refractivity contribution is -0.132. The third kappa shape index (κ3) is 2.41. The largest absolute Gasteiger partial charge is 0.441 e. The monoisotopic (exact) mass is 319 g/mol. The van der Waals surface area contributed by atoms with E-state index in [9.17, 15) is 9.59 Å². The van der Waals surface area contributed by atoms with Gasteiger partial charge in [0.15, 0.2) is 11.0 Å². The van der Waals surface area contributed by atoms with E-state index in [1.807, 2.05) is 6.07 Å². The van der Waals surface area contributed by atoms with Crippen LogP contribution in [0.25, 0.3) is 6.08 Å². The molecule has 116 valence electrons. The van der Waals surface area contributed by atoms with E-state index in [4.69, 9.17) is 16.6 Å². The van der Waals surface area contributed by atoms with Crippen molar-refractivity contribution < 1.29 is 14.0 Å². The van der Waals surface area contributed by atoms with Crippen molar-refractivity contribution >= 4 is 41.1 Å². The molecule has 3 heterocycles. The molecule has 0 aromatic carbocycles. The van der Waals surface area contributed by atoms with Crippen LogP contribution in [0.3, 0.4) is 0 Å². The minimum absolute atomic E-state index is 0.0564. The molecule has 0 unspecified atom stereocenters. The van der Waals surface area contributed by atoms with Crippen LogP contribution in [0.5, 0.6) is 0 Å². The molecule has 1 aromatic rings. The molecule has 2 aliphatic rings. The predicted molar refractivity (Wildman–Crippen MR) is 86.3 cm³/mol. The van der Waals surface area contributed by atoms with Gasteiger partial charge in [0.25, 0.3) is 11.8 Å². The fourth-order valence-corrected chi connectivity index (χ4v) is 2.81. The molecule has 2 saturated heterocycles. The molecule has 0 bridgehead atoms. The van der Waals surface area contributed by atoms with Gasteiger partial charge in [0.05, 0.1) is 0 Å². The van der Waals surface area contributed by atoms with Crippen molar-refractivity contribution in [3.05, 3.63) is 23.5 Å². The van der Waals surface area contributed by atoms with Crippen molar-refractivity contribution in [2.75, 3.05) is 32.1 Å². The van der Waals surface area contributed by atoms with E-state index in [1.54, 1.807) is 20.2 Å².